The summed E-state index contributed by atoms with van der Waals surface area (Å²) in [5.41, 5.74) is -1.12. The van der Waals surface area contributed by atoms with Crippen molar-refractivity contribution in [3.63, 3.8) is 0 Å². The molecule has 1 aromatic heterocycles. The van der Waals surface area contributed by atoms with E-state index in [1.54, 1.807) is 48.5 Å². The summed E-state index contributed by atoms with van der Waals surface area (Å²) >= 11 is 0. The molecule has 0 spiro atoms. The molecular weight excluding hydrogens is 552 g/mol. The quantitative estimate of drug-likeness (QED) is 0.341. The topological polar surface area (TPSA) is 151 Å². The minimum absolute atomic E-state index is 0.00486. The van der Waals surface area contributed by atoms with E-state index in [0.717, 1.165) is 0 Å². The average molecular weight is 583 g/mol. The second kappa shape index (κ2) is 11.3. The Morgan fingerprint density at radius 3 is 2.56 bits per heavy atom. The van der Waals surface area contributed by atoms with Gasteiger partial charge >= 0.3 is 0 Å². The van der Waals surface area contributed by atoms with Gasteiger partial charge in [-0.3, -0.25) is 4.72 Å². The van der Waals surface area contributed by atoms with Crippen LogP contribution in [-0.4, -0.2) is 62.1 Å². The van der Waals surface area contributed by atoms with Crippen molar-refractivity contribution in [3.8, 4) is 23.0 Å². The summed E-state index contributed by atoms with van der Waals surface area (Å²) in [7, 11) is -2.90. The van der Waals surface area contributed by atoms with Crippen LogP contribution in [0.1, 0.15) is 19.4 Å². The van der Waals surface area contributed by atoms with Gasteiger partial charge in [-0.25, -0.2) is 23.4 Å². The lowest BCUT2D eigenvalue weighted by molar-refractivity contribution is 0.0869. The normalized spacial score (nSPS) is 21.3. The van der Waals surface area contributed by atoms with E-state index >= 15 is 0 Å². The van der Waals surface area contributed by atoms with E-state index in [-0.39, 0.29) is 43.2 Å². The monoisotopic (exact) mass is 582 g/mol. The van der Waals surface area contributed by atoms with E-state index < -0.39 is 20.5 Å². The highest BCUT2D eigenvalue weighted by Crippen LogP contribution is 2.46. The lowest BCUT2D eigenvalue weighted by Crippen LogP contribution is -2.54. The van der Waals surface area contributed by atoms with E-state index in [0.29, 0.717) is 23.0 Å². The van der Waals surface area contributed by atoms with Gasteiger partial charge in [0.1, 0.15) is 18.8 Å². The number of para-hydroxylation sites is 2. The molecule has 2 unspecified atom stereocenters. The van der Waals surface area contributed by atoms with E-state index in [2.05, 4.69) is 14.7 Å². The summed E-state index contributed by atoms with van der Waals surface area (Å²) in [5, 5.41) is 9.65. The number of hydrogen-bond acceptors (Lipinski definition) is 11. The number of anilines is 1. The molecule has 2 aliphatic rings. The summed E-state index contributed by atoms with van der Waals surface area (Å²) in [6, 6.07) is 13.3. The van der Waals surface area contributed by atoms with Gasteiger partial charge in [-0.2, -0.15) is 0 Å². The highest BCUT2D eigenvalue weighted by Gasteiger charge is 2.54. The lowest BCUT2D eigenvalue weighted by atomic mass is 9.85. The molecule has 0 radical (unpaired) electrons. The summed E-state index contributed by atoms with van der Waals surface area (Å²) in [5.74, 6) is 1.38. The standard InChI is InChI=1S/C28H30N4O8S/c1-19(2)27(40-23-7-5-4-6-21(23)36-3)11-12-28(31-26(27)37-15-14-33,20-8-9-22-24(16-20)39-18-38-22)41(34,35)32-25-10-13-29-17-30-25/h4-13,16-17,19,33H,14-15,18H2,1-3H3,(H,29,30,32). The van der Waals surface area contributed by atoms with Crippen molar-refractivity contribution >= 4 is 21.7 Å². The molecule has 2 N–H and O–H groups in total. The van der Waals surface area contributed by atoms with Gasteiger partial charge in [0, 0.05) is 17.7 Å². The number of nitrogens with one attached hydrogen (secondary N) is 1. The molecule has 0 amide bonds. The molecule has 0 fully saturated rings. The number of aliphatic hydroxyl groups is 1. The fourth-order valence-corrected chi connectivity index (χ4v) is 5.98. The van der Waals surface area contributed by atoms with Gasteiger partial charge < -0.3 is 28.8 Å². The number of aliphatic imine (C=N–C) groups is 1. The van der Waals surface area contributed by atoms with Crippen molar-refractivity contribution in [2.24, 2.45) is 10.9 Å². The number of aliphatic hydroxyl groups excluding tert-OH is 1. The van der Waals surface area contributed by atoms with Crippen molar-refractivity contribution in [2.75, 3.05) is 31.8 Å². The third-order valence-electron chi connectivity index (χ3n) is 6.71. The number of dihydropyridines is 1. The van der Waals surface area contributed by atoms with Crippen LogP contribution in [0.15, 0.2) is 78.2 Å². The first-order valence-electron chi connectivity index (χ1n) is 12.8. The zero-order chi connectivity index (χ0) is 29.1. The highest BCUT2D eigenvalue weighted by molar-refractivity contribution is 7.93. The third kappa shape index (κ3) is 5.13. The Morgan fingerprint density at radius 2 is 1.85 bits per heavy atom. The summed E-state index contributed by atoms with van der Waals surface area (Å²) in [6.45, 7) is 3.28. The number of methoxy groups -OCH3 is 1. The molecule has 0 saturated heterocycles. The summed E-state index contributed by atoms with van der Waals surface area (Å²) < 4.78 is 60.1. The van der Waals surface area contributed by atoms with Crippen LogP contribution in [0, 0.1) is 5.92 Å². The Bertz CT molecular complexity index is 1560. The van der Waals surface area contributed by atoms with E-state index in [1.165, 1.54) is 31.8 Å². The van der Waals surface area contributed by atoms with Crippen LogP contribution in [-0.2, 0) is 19.6 Å². The van der Waals surface area contributed by atoms with Gasteiger partial charge in [-0.05, 0) is 42.5 Å². The molecule has 0 bridgehead atoms. The van der Waals surface area contributed by atoms with Gasteiger partial charge in [-0.15, -0.1) is 0 Å². The SMILES string of the molecule is COc1ccccc1OC1(C(C)C)C=CC(c2ccc3c(c2)OCO3)(S(=O)(=O)Nc2ccncn2)N=C1OCCO. The first-order valence-corrected chi connectivity index (χ1v) is 14.3. The number of aromatic nitrogens is 2. The Labute approximate surface area is 237 Å². The predicted octanol–water partition coefficient (Wildman–Crippen LogP) is 3.26. The smallest absolute Gasteiger partial charge is 0.268 e. The van der Waals surface area contributed by atoms with Crippen LogP contribution >= 0.6 is 0 Å². The van der Waals surface area contributed by atoms with Crippen LogP contribution in [0.3, 0.4) is 0 Å². The van der Waals surface area contributed by atoms with Gasteiger partial charge in [0.05, 0.1) is 13.7 Å². The molecular formula is C28H30N4O8S. The first kappa shape index (κ1) is 28.2. The molecule has 3 heterocycles. The van der Waals surface area contributed by atoms with Gasteiger partial charge in [0.15, 0.2) is 23.0 Å². The Balaban J connectivity index is 1.71. The minimum Gasteiger partial charge on any atom is -0.493 e. The Kier molecular flexibility index (Phi) is 7.74. The van der Waals surface area contributed by atoms with Gasteiger partial charge in [0.25, 0.3) is 10.0 Å². The Hall–Kier alpha value is -4.36. The fourth-order valence-electron chi connectivity index (χ4n) is 4.54. The highest BCUT2D eigenvalue weighted by atomic mass is 32.2. The first-order chi connectivity index (χ1) is 19.7. The van der Waals surface area contributed by atoms with Crippen LogP contribution in [0.2, 0.25) is 0 Å². The Morgan fingerprint density at radius 1 is 1.07 bits per heavy atom. The van der Waals surface area contributed by atoms with E-state index in [4.69, 9.17) is 28.7 Å². The maximum atomic E-state index is 14.3. The molecule has 3 aromatic rings. The number of nitrogens with zero attached hydrogens (tertiary/aromatic N) is 3. The number of hydrogen-bond donors (Lipinski definition) is 2. The van der Waals surface area contributed by atoms with Gasteiger partial charge in [0.2, 0.25) is 23.2 Å². The number of fused-ring (bicyclic) bond motifs is 1. The average Bonchev–Trinajstić information content (AvgIpc) is 3.45. The zero-order valence-electron chi connectivity index (χ0n) is 22.7. The largest absolute Gasteiger partial charge is 0.493 e. The molecule has 13 heteroatoms. The number of benzene rings is 2. The molecule has 2 atom stereocenters. The predicted molar refractivity (Wildman–Crippen MR) is 150 cm³/mol. The molecule has 12 nitrogen and oxygen atoms in total. The minimum atomic E-state index is -4.42. The maximum Gasteiger partial charge on any atom is 0.268 e. The number of rotatable bonds is 10. The van der Waals surface area contributed by atoms with E-state index in [1.807, 2.05) is 13.8 Å². The van der Waals surface area contributed by atoms with Crippen molar-refractivity contribution in [1.82, 2.24) is 9.97 Å². The molecule has 2 aliphatic heterocycles. The third-order valence-corrected chi connectivity index (χ3v) is 8.47. The van der Waals surface area contributed by atoms with Crippen LogP contribution in [0.4, 0.5) is 5.82 Å². The van der Waals surface area contributed by atoms with Crippen molar-refractivity contribution in [1.29, 1.82) is 0 Å². The lowest BCUT2D eigenvalue weighted by Gasteiger charge is -2.41. The maximum absolute atomic E-state index is 14.3. The van der Waals surface area contributed by atoms with Crippen LogP contribution in [0.25, 0.3) is 0 Å². The van der Waals surface area contributed by atoms with Crippen LogP contribution in [0.5, 0.6) is 23.0 Å². The molecule has 0 saturated carbocycles. The fraction of sp³-hybridized carbons (Fsp3) is 0.321. The molecule has 0 aliphatic carbocycles. The molecule has 41 heavy (non-hydrogen) atoms. The summed E-state index contributed by atoms with van der Waals surface area (Å²) in [6.07, 6.45) is 5.72. The van der Waals surface area contributed by atoms with Gasteiger partial charge in [-0.1, -0.05) is 32.0 Å². The second-order valence-electron chi connectivity index (χ2n) is 9.49. The molecule has 216 valence electrons. The zero-order valence-corrected chi connectivity index (χ0v) is 23.5. The van der Waals surface area contributed by atoms with Crippen molar-refractivity contribution in [3.05, 3.63) is 78.8 Å². The van der Waals surface area contributed by atoms with Crippen molar-refractivity contribution in [2.45, 2.75) is 24.3 Å². The molecule has 5 rings (SSSR count). The van der Waals surface area contributed by atoms with Crippen LogP contribution < -0.4 is 23.7 Å². The molecule has 2 aromatic carbocycles. The second-order valence-corrected chi connectivity index (χ2v) is 11.3. The number of ether oxygens (including phenoxy) is 5. The van der Waals surface area contributed by atoms with E-state index in [9.17, 15) is 13.5 Å². The summed E-state index contributed by atoms with van der Waals surface area (Å²) in [4.78, 5) is 10.6. The number of sulfonamides is 1. The van der Waals surface area contributed by atoms with Crippen molar-refractivity contribution < 1.29 is 37.2 Å².